The predicted octanol–water partition coefficient (Wildman–Crippen LogP) is 12.1. The standard InChI is InChI=1S/C31H38Br2ClN3O4.C26H30Br2ClN3O2/c1-30(2,3)41-29(39)37-10-6-19(7-11-37)14-26(38)36-12-8-22(9-13-36)31(40)27-20(16-24(34)17-25(27)33)4-5-21-15-23(32)18-35-28(21)31;27-20-12-18-2-1-17-13-21(29)14-22(28)24(17)26(34,25(18)31-15-20)19-5-9-32(10-6-19)23(33)11-16-3-7-30-8-4-16/h15-19,22,40H,4-14H2,1-3H3;12-16,19,30,34H,1-11H2. The lowest BCUT2D eigenvalue weighted by atomic mass is 9.72. The SMILES string of the molecule is CC(C)(C)OC(=O)N1CCC(CC(=O)N2CCC(C3(O)c4ncc(Br)cc4CCc4cc(Cl)cc(Br)c43)CC2)CC1.O=C(CC1CCNCC1)N1CCC(C2(O)c3ncc(Br)cc3CCc3cc(Cl)cc(Br)c32)CC1. The molecule has 0 radical (unpaired) electrons. The van der Waals surface area contributed by atoms with Gasteiger partial charge < -0.3 is 35.0 Å². The molecule has 4 aromatic rings. The fourth-order valence-electron chi connectivity index (χ4n) is 12.7. The fourth-order valence-corrected chi connectivity index (χ4v) is 15.8. The second-order valence-corrected chi connectivity index (χ2v) is 26.9. The molecule has 4 aliphatic heterocycles. The number of fused-ring (bicyclic) bond motifs is 4. The summed E-state index contributed by atoms with van der Waals surface area (Å²) in [5.41, 5.74) is 4.27. The fraction of sp³-hybridized carbons (Fsp3) is 0.561. The van der Waals surface area contributed by atoms with Gasteiger partial charge >= 0.3 is 6.09 Å². The first-order valence-electron chi connectivity index (χ1n) is 26.7. The van der Waals surface area contributed by atoms with Crippen LogP contribution in [0.1, 0.15) is 130 Å². The summed E-state index contributed by atoms with van der Waals surface area (Å²) >= 11 is 27.4. The van der Waals surface area contributed by atoms with E-state index in [1.54, 1.807) is 17.3 Å². The number of halogens is 6. The number of nitrogens with zero attached hydrogens (tertiary/aromatic N) is 5. The number of likely N-dealkylation sites (tertiary alicyclic amines) is 3. The molecule has 6 heterocycles. The Hall–Kier alpha value is -2.67. The van der Waals surface area contributed by atoms with E-state index < -0.39 is 16.8 Å². The molecule has 404 valence electrons. The molecule has 4 fully saturated rings. The second-order valence-electron chi connectivity index (χ2n) is 22.5. The summed E-state index contributed by atoms with van der Waals surface area (Å²) in [6, 6.07) is 11.8. The molecule has 12 nitrogen and oxygen atoms in total. The normalized spacial score (nSPS) is 22.9. The number of carbonyl (C=O) groups excluding carboxylic acids is 3. The summed E-state index contributed by atoms with van der Waals surface area (Å²) in [6.07, 6.45) is 14.0. The largest absolute Gasteiger partial charge is 0.444 e. The Morgan fingerprint density at radius 2 is 0.987 bits per heavy atom. The summed E-state index contributed by atoms with van der Waals surface area (Å²) in [7, 11) is 0. The van der Waals surface area contributed by atoms with E-state index in [1.807, 2.05) is 54.8 Å². The molecule has 0 spiro atoms. The van der Waals surface area contributed by atoms with Crippen molar-refractivity contribution in [2.45, 2.75) is 127 Å². The van der Waals surface area contributed by atoms with Crippen molar-refractivity contribution in [3.63, 3.8) is 0 Å². The van der Waals surface area contributed by atoms with Gasteiger partial charge in [-0.1, -0.05) is 55.1 Å². The highest BCUT2D eigenvalue weighted by Crippen LogP contribution is 2.51. The van der Waals surface area contributed by atoms with Crippen LogP contribution in [0.25, 0.3) is 0 Å². The van der Waals surface area contributed by atoms with E-state index in [4.69, 9.17) is 37.9 Å². The minimum Gasteiger partial charge on any atom is -0.444 e. The summed E-state index contributed by atoms with van der Waals surface area (Å²) in [4.78, 5) is 54.0. The van der Waals surface area contributed by atoms with E-state index in [9.17, 15) is 24.6 Å². The molecular formula is C57H68Br4Cl2N6O6. The van der Waals surface area contributed by atoms with Gasteiger partial charge in [-0.15, -0.1) is 0 Å². The molecule has 2 aliphatic carbocycles. The van der Waals surface area contributed by atoms with E-state index >= 15 is 0 Å². The quantitative estimate of drug-likeness (QED) is 0.172. The number of pyridine rings is 2. The Bertz CT molecular complexity index is 2770. The summed E-state index contributed by atoms with van der Waals surface area (Å²) in [6.45, 7) is 11.4. The first kappa shape index (κ1) is 57.0. The number of hydrogen-bond acceptors (Lipinski definition) is 9. The lowest BCUT2D eigenvalue weighted by Crippen LogP contribution is -2.47. The van der Waals surface area contributed by atoms with Crippen LogP contribution in [0.3, 0.4) is 0 Å². The molecular weight excluding hydrogens is 1260 g/mol. The van der Waals surface area contributed by atoms with Gasteiger partial charge in [0.2, 0.25) is 11.8 Å². The summed E-state index contributed by atoms with van der Waals surface area (Å²) < 4.78 is 8.91. The van der Waals surface area contributed by atoms with Crippen molar-refractivity contribution in [3.05, 3.63) is 121 Å². The van der Waals surface area contributed by atoms with Crippen LogP contribution in [0, 0.1) is 23.7 Å². The van der Waals surface area contributed by atoms with Gasteiger partial charge in [-0.3, -0.25) is 19.6 Å². The number of aliphatic hydroxyl groups is 2. The number of nitrogens with one attached hydrogen (secondary N) is 1. The highest BCUT2D eigenvalue weighted by molar-refractivity contribution is 9.11. The number of aromatic nitrogens is 2. The number of piperidine rings is 4. The number of amides is 3. The Morgan fingerprint density at radius 1 is 0.600 bits per heavy atom. The van der Waals surface area contributed by atoms with E-state index in [-0.39, 0.29) is 35.7 Å². The Balaban J connectivity index is 0.000000187. The van der Waals surface area contributed by atoms with Crippen LogP contribution in [-0.2, 0) is 51.2 Å². The molecule has 3 N–H and O–H groups in total. The van der Waals surface area contributed by atoms with Crippen molar-refractivity contribution in [1.82, 2.24) is 30.0 Å². The molecule has 4 saturated heterocycles. The van der Waals surface area contributed by atoms with Crippen LogP contribution < -0.4 is 5.32 Å². The zero-order valence-electron chi connectivity index (χ0n) is 43.0. The second kappa shape index (κ2) is 24.0. The van der Waals surface area contributed by atoms with Crippen LogP contribution in [0.5, 0.6) is 0 Å². The molecule has 6 aliphatic rings. The third-order valence-electron chi connectivity index (χ3n) is 16.5. The van der Waals surface area contributed by atoms with E-state index in [0.29, 0.717) is 86.6 Å². The number of aryl methyl sites for hydroxylation is 4. The molecule has 2 aromatic heterocycles. The van der Waals surface area contributed by atoms with Crippen molar-refractivity contribution in [1.29, 1.82) is 0 Å². The molecule has 75 heavy (non-hydrogen) atoms. The van der Waals surface area contributed by atoms with E-state index in [2.05, 4.69) is 81.2 Å². The van der Waals surface area contributed by atoms with Crippen molar-refractivity contribution in [2.24, 2.45) is 23.7 Å². The molecule has 0 bridgehead atoms. The monoisotopic (exact) mass is 1320 g/mol. The third-order valence-corrected chi connectivity index (χ3v) is 19.0. The molecule has 0 saturated carbocycles. The van der Waals surface area contributed by atoms with Crippen molar-refractivity contribution >= 4 is 105 Å². The number of rotatable bonds is 6. The summed E-state index contributed by atoms with van der Waals surface area (Å²) in [5, 5.41) is 29.9. The van der Waals surface area contributed by atoms with Crippen molar-refractivity contribution < 1.29 is 29.3 Å². The van der Waals surface area contributed by atoms with Gasteiger partial charge in [0.15, 0.2) is 0 Å². The molecule has 3 amide bonds. The van der Waals surface area contributed by atoms with E-state index in [1.165, 1.54) is 0 Å². The number of ether oxygens (including phenoxy) is 1. The van der Waals surface area contributed by atoms with Crippen LogP contribution in [0.4, 0.5) is 4.79 Å². The lowest BCUT2D eigenvalue weighted by molar-refractivity contribution is -0.136. The number of hydrogen-bond donors (Lipinski definition) is 3. The zero-order valence-corrected chi connectivity index (χ0v) is 50.9. The molecule has 18 heteroatoms. The maximum Gasteiger partial charge on any atom is 0.410 e. The third kappa shape index (κ3) is 12.7. The molecule has 2 unspecified atom stereocenters. The maximum atomic E-state index is 13.3. The average molecular weight is 1320 g/mol. The van der Waals surface area contributed by atoms with Crippen LogP contribution in [0.2, 0.25) is 10.0 Å². The Morgan fingerprint density at radius 3 is 1.40 bits per heavy atom. The maximum absolute atomic E-state index is 13.3. The lowest BCUT2D eigenvalue weighted by Gasteiger charge is -2.43. The first-order valence-corrected chi connectivity index (χ1v) is 30.6. The van der Waals surface area contributed by atoms with Gasteiger partial charge in [-0.25, -0.2) is 4.79 Å². The average Bonchev–Trinajstić information content (AvgIpc) is 3.60. The molecule has 2 aromatic carbocycles. The minimum atomic E-state index is -1.30. The van der Waals surface area contributed by atoms with Crippen molar-refractivity contribution in [2.75, 3.05) is 52.4 Å². The number of carbonyl (C=O) groups is 3. The van der Waals surface area contributed by atoms with E-state index in [0.717, 1.165) is 134 Å². The van der Waals surface area contributed by atoms with Crippen LogP contribution >= 0.6 is 86.9 Å². The van der Waals surface area contributed by atoms with Crippen molar-refractivity contribution in [3.8, 4) is 0 Å². The smallest absolute Gasteiger partial charge is 0.410 e. The van der Waals surface area contributed by atoms with Gasteiger partial charge in [0.25, 0.3) is 0 Å². The van der Waals surface area contributed by atoms with Crippen LogP contribution in [-0.4, -0.2) is 111 Å². The van der Waals surface area contributed by atoms with Gasteiger partial charge in [0.1, 0.15) is 16.8 Å². The molecule has 10 rings (SSSR count). The topological polar surface area (TPSA) is 148 Å². The van der Waals surface area contributed by atoms with Gasteiger partial charge in [0.05, 0.1) is 11.4 Å². The van der Waals surface area contributed by atoms with Gasteiger partial charge in [-0.2, -0.15) is 0 Å². The zero-order chi connectivity index (χ0) is 53.4. The highest BCUT2D eigenvalue weighted by Gasteiger charge is 2.50. The first-order chi connectivity index (χ1) is 35.7. The van der Waals surface area contributed by atoms with Crippen LogP contribution in [0.15, 0.2) is 66.7 Å². The number of benzene rings is 2. The minimum absolute atomic E-state index is 0.0443. The van der Waals surface area contributed by atoms with Gasteiger partial charge in [-0.05, 0) is 213 Å². The summed E-state index contributed by atoms with van der Waals surface area (Å²) in [5.74, 6) is 1.01. The highest BCUT2D eigenvalue weighted by atomic mass is 79.9. The molecule has 2 atom stereocenters. The van der Waals surface area contributed by atoms with Gasteiger partial charge in [0, 0.05) is 115 Å². The Kier molecular flexibility index (Phi) is 18.2. The Labute approximate surface area is 485 Å². The predicted molar refractivity (Wildman–Crippen MR) is 307 cm³/mol.